The fourth-order valence-corrected chi connectivity index (χ4v) is 2.12. The van der Waals surface area contributed by atoms with Gasteiger partial charge < -0.3 is 11.1 Å². The van der Waals surface area contributed by atoms with Crippen LogP contribution in [0.25, 0.3) is 0 Å². The monoisotopic (exact) mass is 295 g/mol. The van der Waals surface area contributed by atoms with Crippen LogP contribution in [-0.2, 0) is 6.42 Å². The van der Waals surface area contributed by atoms with Gasteiger partial charge in [0.15, 0.2) is 11.9 Å². The van der Waals surface area contributed by atoms with Gasteiger partial charge in [-0.3, -0.25) is 16.1 Å². The van der Waals surface area contributed by atoms with Crippen LogP contribution >= 0.6 is 11.6 Å². The Morgan fingerprint density at radius 1 is 1.25 bits per heavy atom. The average Bonchev–Trinajstić information content (AvgIpc) is 2.37. The molecule has 0 aromatic heterocycles. The van der Waals surface area contributed by atoms with E-state index in [1.807, 2.05) is 18.2 Å². The highest BCUT2D eigenvalue weighted by molar-refractivity contribution is 6.33. The van der Waals surface area contributed by atoms with Gasteiger partial charge in [0.1, 0.15) is 0 Å². The van der Waals surface area contributed by atoms with Crippen LogP contribution in [0.15, 0.2) is 18.2 Å². The third-order valence-corrected chi connectivity index (χ3v) is 3.18. The lowest BCUT2D eigenvalue weighted by molar-refractivity contribution is 0.667. The van der Waals surface area contributed by atoms with Crippen molar-refractivity contribution in [2.75, 3.05) is 5.32 Å². The van der Waals surface area contributed by atoms with E-state index in [0.717, 1.165) is 6.42 Å². The molecular formula is C14H22ClN5. The lowest BCUT2D eigenvalue weighted by Gasteiger charge is -2.11. The Kier molecular flexibility index (Phi) is 6.87. The summed E-state index contributed by atoms with van der Waals surface area (Å²) in [7, 11) is 0. The molecule has 1 rings (SSSR count). The van der Waals surface area contributed by atoms with E-state index >= 15 is 0 Å². The number of halogens is 1. The van der Waals surface area contributed by atoms with Crippen LogP contribution < -0.4 is 16.4 Å². The summed E-state index contributed by atoms with van der Waals surface area (Å²) >= 11 is 6.18. The molecule has 110 valence electrons. The average molecular weight is 296 g/mol. The summed E-state index contributed by atoms with van der Waals surface area (Å²) in [6, 6.07) is 5.76. The van der Waals surface area contributed by atoms with Crippen molar-refractivity contribution >= 4 is 29.2 Å². The zero-order chi connectivity index (χ0) is 15.0. The summed E-state index contributed by atoms with van der Waals surface area (Å²) < 4.78 is 0. The molecule has 20 heavy (non-hydrogen) atoms. The largest absolute Gasteiger partial charge is 0.370 e. The number of benzene rings is 1. The van der Waals surface area contributed by atoms with Crippen molar-refractivity contribution in [2.45, 2.75) is 39.0 Å². The molecule has 0 aliphatic rings. The maximum Gasteiger partial charge on any atom is 0.199 e. The Bertz CT molecular complexity index is 473. The Morgan fingerprint density at radius 3 is 2.60 bits per heavy atom. The van der Waals surface area contributed by atoms with E-state index in [1.165, 1.54) is 31.2 Å². The number of aryl methyl sites for hydroxylation is 1. The molecule has 0 fully saturated rings. The topological polar surface area (TPSA) is 97.8 Å². The van der Waals surface area contributed by atoms with Crippen LogP contribution in [0, 0.1) is 10.8 Å². The third-order valence-electron chi connectivity index (χ3n) is 2.87. The Morgan fingerprint density at radius 2 is 2.00 bits per heavy atom. The number of hydrogen-bond acceptors (Lipinski definition) is 2. The molecule has 0 saturated carbocycles. The molecule has 0 aliphatic carbocycles. The van der Waals surface area contributed by atoms with Crippen molar-refractivity contribution in [2.24, 2.45) is 5.73 Å². The van der Waals surface area contributed by atoms with E-state index in [-0.39, 0.29) is 11.9 Å². The standard InChI is InChI=1S/C14H22ClN5/c1-2-3-4-5-6-10-7-8-12(11(15)9-10)19-14(18)20-13(16)17/h7-9H,2-6H2,1H3,(H6,16,17,18,19,20). The van der Waals surface area contributed by atoms with Gasteiger partial charge >= 0.3 is 0 Å². The molecule has 0 heterocycles. The van der Waals surface area contributed by atoms with E-state index in [4.69, 9.17) is 28.2 Å². The van der Waals surface area contributed by atoms with Crippen LogP contribution in [0.5, 0.6) is 0 Å². The molecule has 0 saturated heterocycles. The van der Waals surface area contributed by atoms with Gasteiger partial charge in [-0.25, -0.2) is 0 Å². The molecule has 5 nitrogen and oxygen atoms in total. The van der Waals surface area contributed by atoms with Gasteiger partial charge in [-0.05, 0) is 30.5 Å². The summed E-state index contributed by atoms with van der Waals surface area (Å²) in [5.74, 6) is -0.360. The second-order valence-electron chi connectivity index (χ2n) is 4.66. The van der Waals surface area contributed by atoms with Crippen molar-refractivity contribution in [3.8, 4) is 0 Å². The zero-order valence-corrected chi connectivity index (χ0v) is 12.5. The Hall–Kier alpha value is -1.75. The summed E-state index contributed by atoms with van der Waals surface area (Å²) in [6.45, 7) is 2.20. The van der Waals surface area contributed by atoms with Crippen molar-refractivity contribution in [1.29, 1.82) is 10.8 Å². The van der Waals surface area contributed by atoms with E-state index in [2.05, 4.69) is 17.6 Å². The molecule has 0 amide bonds. The lowest BCUT2D eigenvalue weighted by atomic mass is 10.1. The van der Waals surface area contributed by atoms with E-state index in [1.54, 1.807) is 0 Å². The second kappa shape index (κ2) is 8.43. The fourth-order valence-electron chi connectivity index (χ4n) is 1.87. The molecule has 1 aromatic carbocycles. The van der Waals surface area contributed by atoms with Gasteiger partial charge in [0.05, 0.1) is 10.7 Å². The van der Waals surface area contributed by atoms with Gasteiger partial charge in [0.25, 0.3) is 0 Å². The van der Waals surface area contributed by atoms with Crippen molar-refractivity contribution < 1.29 is 0 Å². The highest BCUT2D eigenvalue weighted by Crippen LogP contribution is 2.23. The first-order valence-electron chi connectivity index (χ1n) is 6.78. The molecule has 6 heteroatoms. The minimum Gasteiger partial charge on any atom is -0.370 e. The number of anilines is 1. The summed E-state index contributed by atoms with van der Waals surface area (Å²) in [4.78, 5) is 0. The maximum absolute atomic E-state index is 7.56. The maximum atomic E-state index is 7.56. The minimum atomic E-state index is -0.286. The van der Waals surface area contributed by atoms with Crippen LogP contribution in [0.1, 0.15) is 38.2 Å². The highest BCUT2D eigenvalue weighted by atomic mass is 35.5. The number of unbranched alkanes of at least 4 members (excludes halogenated alkanes) is 3. The smallest absolute Gasteiger partial charge is 0.199 e. The van der Waals surface area contributed by atoms with Crippen LogP contribution in [0.3, 0.4) is 0 Å². The van der Waals surface area contributed by atoms with Crippen LogP contribution in [0.2, 0.25) is 5.02 Å². The van der Waals surface area contributed by atoms with E-state index in [0.29, 0.717) is 10.7 Å². The Balaban J connectivity index is 2.54. The first kappa shape index (κ1) is 16.3. The van der Waals surface area contributed by atoms with E-state index in [9.17, 15) is 0 Å². The van der Waals surface area contributed by atoms with Crippen molar-refractivity contribution in [1.82, 2.24) is 5.32 Å². The lowest BCUT2D eigenvalue weighted by Crippen LogP contribution is -2.39. The Labute approximate surface area is 124 Å². The highest BCUT2D eigenvalue weighted by Gasteiger charge is 2.04. The number of nitrogens with two attached hydrogens (primary N) is 1. The van der Waals surface area contributed by atoms with Gasteiger partial charge in [0, 0.05) is 0 Å². The van der Waals surface area contributed by atoms with Crippen molar-refractivity contribution in [3.63, 3.8) is 0 Å². The summed E-state index contributed by atoms with van der Waals surface area (Å²) in [5, 5.41) is 20.3. The first-order valence-corrected chi connectivity index (χ1v) is 7.15. The van der Waals surface area contributed by atoms with Crippen molar-refractivity contribution in [3.05, 3.63) is 28.8 Å². The molecule has 6 N–H and O–H groups in total. The van der Waals surface area contributed by atoms with Gasteiger partial charge in [0.2, 0.25) is 0 Å². The summed E-state index contributed by atoms with van der Waals surface area (Å²) in [5.41, 5.74) is 6.97. The molecule has 0 unspecified atom stereocenters. The van der Waals surface area contributed by atoms with E-state index < -0.39 is 0 Å². The molecule has 0 spiro atoms. The summed E-state index contributed by atoms with van der Waals surface area (Å²) in [6.07, 6.45) is 5.92. The predicted molar refractivity (Wildman–Crippen MR) is 85.7 cm³/mol. The second-order valence-corrected chi connectivity index (χ2v) is 5.07. The number of hydrogen-bond donors (Lipinski definition) is 5. The quantitative estimate of drug-likeness (QED) is 0.316. The molecular weight excluding hydrogens is 274 g/mol. The number of guanidine groups is 2. The normalized spacial score (nSPS) is 10.1. The fraction of sp³-hybridized carbons (Fsp3) is 0.429. The van der Waals surface area contributed by atoms with Gasteiger partial charge in [-0.1, -0.05) is 43.9 Å². The molecule has 1 aromatic rings. The molecule has 0 radical (unpaired) electrons. The molecule has 0 aliphatic heterocycles. The first-order chi connectivity index (χ1) is 9.52. The zero-order valence-electron chi connectivity index (χ0n) is 11.7. The molecule has 0 atom stereocenters. The number of rotatable bonds is 6. The predicted octanol–water partition coefficient (Wildman–Crippen LogP) is 3.29. The van der Waals surface area contributed by atoms with Crippen LogP contribution in [0.4, 0.5) is 5.69 Å². The van der Waals surface area contributed by atoms with Gasteiger partial charge in [-0.2, -0.15) is 0 Å². The SMILES string of the molecule is CCCCCCc1ccc(NC(=N)NC(=N)N)c(Cl)c1. The minimum absolute atomic E-state index is 0.0740. The third kappa shape index (κ3) is 5.93. The number of nitrogens with one attached hydrogen (secondary N) is 4. The van der Waals surface area contributed by atoms with Crippen LogP contribution in [-0.4, -0.2) is 11.9 Å². The van der Waals surface area contributed by atoms with Gasteiger partial charge in [-0.15, -0.1) is 0 Å². The molecule has 0 bridgehead atoms.